The molecule has 90 valence electrons. The Hall–Kier alpha value is -1.84. The minimum Gasteiger partial charge on any atom is -0.479 e. The van der Waals surface area contributed by atoms with Gasteiger partial charge in [-0.15, -0.1) is 0 Å². The van der Waals surface area contributed by atoms with Gasteiger partial charge in [0.1, 0.15) is 5.54 Å². The monoisotopic (exact) mass is 232 g/mol. The third-order valence-electron chi connectivity index (χ3n) is 3.18. The minimum absolute atomic E-state index is 0.586. The van der Waals surface area contributed by atoms with Crippen LogP contribution in [-0.4, -0.2) is 20.6 Å². The van der Waals surface area contributed by atoms with Gasteiger partial charge in [-0.2, -0.15) is 0 Å². The lowest BCUT2D eigenvalue weighted by atomic mass is 9.96. The van der Waals surface area contributed by atoms with Crippen molar-refractivity contribution in [2.45, 2.75) is 32.2 Å². The number of nitrogens with zero attached hydrogens (tertiary/aromatic N) is 2. The normalized spacial score (nSPS) is 14.7. The van der Waals surface area contributed by atoms with Crippen LogP contribution in [0, 0.1) is 0 Å². The Balaban J connectivity index is 2.60. The number of fused-ring (bicyclic) bond motifs is 1. The fourth-order valence-corrected chi connectivity index (χ4v) is 2.17. The predicted octanol–water partition coefficient (Wildman–Crippen LogP) is 2.64. The topological polar surface area (TPSA) is 55.1 Å². The van der Waals surface area contributed by atoms with Gasteiger partial charge in [0.05, 0.1) is 17.4 Å². The van der Waals surface area contributed by atoms with E-state index < -0.39 is 11.5 Å². The number of benzene rings is 1. The summed E-state index contributed by atoms with van der Waals surface area (Å²) in [5, 5.41) is 9.45. The lowest BCUT2D eigenvalue weighted by Gasteiger charge is -2.26. The highest BCUT2D eigenvalue weighted by atomic mass is 16.4. The highest BCUT2D eigenvalue weighted by Gasteiger charge is 2.35. The van der Waals surface area contributed by atoms with E-state index >= 15 is 0 Å². The molecule has 4 nitrogen and oxygen atoms in total. The summed E-state index contributed by atoms with van der Waals surface area (Å²) in [6.07, 6.45) is 3.02. The number of aliphatic carboxylic acids is 1. The molecule has 0 aliphatic heterocycles. The fraction of sp³-hybridized carbons (Fsp3) is 0.385. The second-order valence-corrected chi connectivity index (χ2v) is 4.43. The summed E-state index contributed by atoms with van der Waals surface area (Å²) in [5.74, 6) is -0.817. The van der Waals surface area contributed by atoms with Gasteiger partial charge >= 0.3 is 5.97 Å². The van der Waals surface area contributed by atoms with Gasteiger partial charge in [-0.1, -0.05) is 25.5 Å². The van der Waals surface area contributed by atoms with Crippen LogP contribution < -0.4 is 0 Å². The largest absolute Gasteiger partial charge is 0.479 e. The molecule has 1 aromatic carbocycles. The predicted molar refractivity (Wildman–Crippen MR) is 65.9 cm³/mol. The Morgan fingerprint density at radius 3 is 2.82 bits per heavy atom. The molecule has 0 aliphatic rings. The molecule has 1 atom stereocenters. The van der Waals surface area contributed by atoms with Crippen molar-refractivity contribution in [2.24, 2.45) is 0 Å². The van der Waals surface area contributed by atoms with Crippen LogP contribution >= 0.6 is 0 Å². The highest BCUT2D eigenvalue weighted by molar-refractivity contribution is 5.82. The first-order valence-electron chi connectivity index (χ1n) is 5.75. The molecular weight excluding hydrogens is 216 g/mol. The molecule has 17 heavy (non-hydrogen) atoms. The molecule has 0 saturated carbocycles. The number of hydrogen-bond acceptors (Lipinski definition) is 2. The zero-order valence-corrected chi connectivity index (χ0v) is 10.1. The second-order valence-electron chi connectivity index (χ2n) is 4.43. The Bertz CT molecular complexity index is 547. The van der Waals surface area contributed by atoms with Crippen molar-refractivity contribution in [1.29, 1.82) is 0 Å². The molecule has 1 N–H and O–H groups in total. The second kappa shape index (κ2) is 4.20. The number of carboxylic acids is 1. The van der Waals surface area contributed by atoms with Gasteiger partial charge in [0.15, 0.2) is 0 Å². The van der Waals surface area contributed by atoms with Crippen LogP contribution in [0.25, 0.3) is 11.0 Å². The Morgan fingerprint density at radius 2 is 2.18 bits per heavy atom. The maximum Gasteiger partial charge on any atom is 0.329 e. The van der Waals surface area contributed by atoms with E-state index in [1.807, 2.05) is 31.2 Å². The van der Waals surface area contributed by atoms with Crippen molar-refractivity contribution in [2.75, 3.05) is 0 Å². The molecule has 1 unspecified atom stereocenters. The van der Waals surface area contributed by atoms with E-state index in [4.69, 9.17) is 0 Å². The van der Waals surface area contributed by atoms with Crippen molar-refractivity contribution in [1.82, 2.24) is 9.55 Å². The van der Waals surface area contributed by atoms with Crippen LogP contribution in [0.5, 0.6) is 0 Å². The smallest absolute Gasteiger partial charge is 0.329 e. The van der Waals surface area contributed by atoms with E-state index in [-0.39, 0.29) is 0 Å². The van der Waals surface area contributed by atoms with Crippen LogP contribution in [0.2, 0.25) is 0 Å². The summed E-state index contributed by atoms with van der Waals surface area (Å²) in [6.45, 7) is 3.73. The number of aromatic nitrogens is 2. The number of para-hydroxylation sites is 2. The molecule has 2 aromatic rings. The van der Waals surface area contributed by atoms with Gasteiger partial charge in [-0.05, 0) is 25.5 Å². The van der Waals surface area contributed by atoms with Gasteiger partial charge in [-0.3, -0.25) is 0 Å². The van der Waals surface area contributed by atoms with Crippen LogP contribution in [-0.2, 0) is 10.3 Å². The summed E-state index contributed by atoms with van der Waals surface area (Å²) in [4.78, 5) is 15.8. The van der Waals surface area contributed by atoms with Crippen molar-refractivity contribution in [3.63, 3.8) is 0 Å². The first kappa shape index (κ1) is 11.6. The Labute approximate surface area is 99.9 Å². The fourth-order valence-electron chi connectivity index (χ4n) is 2.17. The third kappa shape index (κ3) is 1.79. The summed E-state index contributed by atoms with van der Waals surface area (Å²) in [7, 11) is 0. The average molecular weight is 232 g/mol. The van der Waals surface area contributed by atoms with E-state index in [1.165, 1.54) is 0 Å². The molecule has 0 saturated heterocycles. The van der Waals surface area contributed by atoms with Gasteiger partial charge in [-0.25, -0.2) is 9.78 Å². The first-order chi connectivity index (χ1) is 8.09. The van der Waals surface area contributed by atoms with Crippen LogP contribution in [0.15, 0.2) is 30.6 Å². The maximum atomic E-state index is 11.5. The number of carbonyl (C=O) groups is 1. The molecule has 0 bridgehead atoms. The number of imidazole rings is 1. The molecule has 2 rings (SSSR count). The Kier molecular flexibility index (Phi) is 2.88. The van der Waals surface area contributed by atoms with Crippen molar-refractivity contribution in [3.8, 4) is 0 Å². The number of hydrogen-bond donors (Lipinski definition) is 1. The average Bonchev–Trinajstić information content (AvgIpc) is 2.73. The minimum atomic E-state index is -0.926. The molecule has 4 heteroatoms. The number of carboxylic acid groups (broad SMARTS) is 1. The lowest BCUT2D eigenvalue weighted by Crippen LogP contribution is -2.38. The maximum absolute atomic E-state index is 11.5. The summed E-state index contributed by atoms with van der Waals surface area (Å²) in [6, 6.07) is 7.59. The van der Waals surface area contributed by atoms with E-state index in [2.05, 4.69) is 4.98 Å². The molecule has 1 aromatic heterocycles. The van der Waals surface area contributed by atoms with Gasteiger partial charge in [0.2, 0.25) is 0 Å². The first-order valence-corrected chi connectivity index (χ1v) is 5.75. The zero-order chi connectivity index (χ0) is 12.5. The van der Waals surface area contributed by atoms with Crippen LogP contribution in [0.1, 0.15) is 26.7 Å². The van der Waals surface area contributed by atoms with E-state index in [0.29, 0.717) is 6.42 Å². The molecular formula is C13H16N2O2. The summed E-state index contributed by atoms with van der Waals surface area (Å²) in [5.41, 5.74) is 0.770. The zero-order valence-electron chi connectivity index (χ0n) is 10.1. The van der Waals surface area contributed by atoms with Crippen molar-refractivity contribution in [3.05, 3.63) is 30.6 Å². The Morgan fingerprint density at radius 1 is 1.47 bits per heavy atom. The summed E-state index contributed by atoms with van der Waals surface area (Å²) >= 11 is 0. The highest BCUT2D eigenvalue weighted by Crippen LogP contribution is 2.27. The molecule has 0 spiro atoms. The summed E-state index contributed by atoms with van der Waals surface area (Å²) < 4.78 is 1.76. The number of rotatable bonds is 4. The molecule has 0 fully saturated rings. The van der Waals surface area contributed by atoms with Crippen molar-refractivity contribution < 1.29 is 9.90 Å². The third-order valence-corrected chi connectivity index (χ3v) is 3.18. The lowest BCUT2D eigenvalue weighted by molar-refractivity contribution is -0.146. The van der Waals surface area contributed by atoms with E-state index in [9.17, 15) is 9.90 Å². The van der Waals surface area contributed by atoms with E-state index in [0.717, 1.165) is 17.5 Å². The van der Waals surface area contributed by atoms with Crippen molar-refractivity contribution >= 4 is 17.0 Å². The molecule has 0 amide bonds. The van der Waals surface area contributed by atoms with Gasteiger partial charge in [0.25, 0.3) is 0 Å². The molecule has 1 heterocycles. The van der Waals surface area contributed by atoms with Gasteiger partial charge < -0.3 is 9.67 Å². The van der Waals surface area contributed by atoms with Crippen LogP contribution in [0.3, 0.4) is 0 Å². The molecule has 0 radical (unpaired) electrons. The standard InChI is InChI=1S/C13H16N2O2/c1-3-8-13(2,12(16)17)15-9-14-10-6-4-5-7-11(10)15/h4-7,9H,3,8H2,1-2H3,(H,16,17). The molecule has 0 aliphatic carbocycles. The van der Waals surface area contributed by atoms with Gasteiger partial charge in [0, 0.05) is 0 Å². The SMILES string of the molecule is CCCC(C)(C(=O)O)n1cnc2ccccc21. The quantitative estimate of drug-likeness (QED) is 0.881. The van der Waals surface area contributed by atoms with Crippen LogP contribution in [0.4, 0.5) is 0 Å². The van der Waals surface area contributed by atoms with E-state index in [1.54, 1.807) is 17.8 Å².